The fraction of sp³-hybridized carbons (Fsp3) is 0.562. The summed E-state index contributed by atoms with van der Waals surface area (Å²) in [6, 6.07) is 4.18. The van der Waals surface area contributed by atoms with Crippen molar-refractivity contribution in [2.75, 3.05) is 12.4 Å². The Bertz CT molecular complexity index is 926. The van der Waals surface area contributed by atoms with Crippen LogP contribution in [0.1, 0.15) is 38.8 Å². The Morgan fingerprint density at radius 1 is 1.35 bits per heavy atom. The van der Waals surface area contributed by atoms with Gasteiger partial charge in [0.25, 0.3) is 0 Å². The minimum Gasteiger partial charge on any atom is -0.249 e. The quantitative estimate of drug-likeness (QED) is 0.735. The molecular formula is C16H19BrF2N2O3S2. The number of nitrogens with zero attached hydrogens (tertiary/aromatic N) is 1. The average molecular weight is 469 g/mol. The summed E-state index contributed by atoms with van der Waals surface area (Å²) in [7, 11) is -6.09. The van der Waals surface area contributed by atoms with Crippen molar-refractivity contribution in [2.24, 2.45) is 0 Å². The Morgan fingerprint density at radius 2 is 1.92 bits per heavy atom. The minimum absolute atomic E-state index is 0.184. The summed E-state index contributed by atoms with van der Waals surface area (Å²) in [6.07, 6.45) is 0. The number of nitriles is 1. The fourth-order valence-electron chi connectivity index (χ4n) is 2.87. The molecule has 0 spiro atoms. The van der Waals surface area contributed by atoms with Gasteiger partial charge in [-0.1, -0.05) is 15.9 Å². The van der Waals surface area contributed by atoms with E-state index in [0.717, 1.165) is 6.07 Å². The van der Waals surface area contributed by atoms with Crippen molar-refractivity contribution < 1.29 is 21.4 Å². The van der Waals surface area contributed by atoms with Gasteiger partial charge in [0.1, 0.15) is 29.0 Å². The molecule has 0 radical (unpaired) electrons. The van der Waals surface area contributed by atoms with Crippen molar-refractivity contribution in [3.8, 4) is 6.07 Å². The van der Waals surface area contributed by atoms with Crippen LogP contribution in [0, 0.1) is 17.1 Å². The van der Waals surface area contributed by atoms with Gasteiger partial charge in [0.05, 0.1) is 16.6 Å². The van der Waals surface area contributed by atoms with E-state index in [2.05, 4.69) is 20.7 Å². The SMILES string of the molecule is CC1(C)c2c(Br)ccc(F)c2C(CF)(CS(=O)(=O)C(C)(C)C#N)NS1=O. The van der Waals surface area contributed by atoms with Crippen LogP contribution in [0.2, 0.25) is 0 Å². The summed E-state index contributed by atoms with van der Waals surface area (Å²) in [5.41, 5.74) is -2.00. The lowest BCUT2D eigenvalue weighted by atomic mass is 9.84. The molecule has 0 bridgehead atoms. The van der Waals surface area contributed by atoms with Crippen LogP contribution < -0.4 is 4.72 Å². The van der Waals surface area contributed by atoms with Gasteiger partial charge in [-0.25, -0.2) is 26.1 Å². The first-order chi connectivity index (χ1) is 11.8. The average Bonchev–Trinajstić information content (AvgIpc) is 2.54. The zero-order chi connectivity index (χ0) is 20.1. The Morgan fingerprint density at radius 3 is 2.42 bits per heavy atom. The highest BCUT2D eigenvalue weighted by Gasteiger charge is 2.53. The first-order valence-corrected chi connectivity index (χ1v) is 11.2. The van der Waals surface area contributed by atoms with E-state index in [1.54, 1.807) is 19.9 Å². The molecule has 0 saturated heterocycles. The van der Waals surface area contributed by atoms with Gasteiger partial charge in [-0.15, -0.1) is 0 Å². The highest BCUT2D eigenvalue weighted by molar-refractivity contribution is 9.10. The van der Waals surface area contributed by atoms with Crippen molar-refractivity contribution >= 4 is 36.8 Å². The second kappa shape index (κ2) is 6.62. The summed E-state index contributed by atoms with van der Waals surface area (Å²) in [4.78, 5) is 0. The first kappa shape index (κ1) is 21.4. The van der Waals surface area contributed by atoms with Crippen LogP contribution in [0.25, 0.3) is 0 Å². The number of fused-ring (bicyclic) bond motifs is 1. The van der Waals surface area contributed by atoms with Gasteiger partial charge in [-0.05, 0) is 45.4 Å². The molecule has 0 saturated carbocycles. The molecule has 2 atom stereocenters. The molecule has 0 aromatic heterocycles. The van der Waals surface area contributed by atoms with Crippen LogP contribution in [-0.4, -0.2) is 29.8 Å². The second-order valence-corrected chi connectivity index (χ2v) is 12.4. The molecule has 2 unspecified atom stereocenters. The highest BCUT2D eigenvalue weighted by Crippen LogP contribution is 2.46. The summed E-state index contributed by atoms with van der Waals surface area (Å²) in [6.45, 7) is 4.26. The predicted molar refractivity (Wildman–Crippen MR) is 99.5 cm³/mol. The molecule has 26 heavy (non-hydrogen) atoms. The van der Waals surface area contributed by atoms with E-state index in [-0.39, 0.29) is 11.1 Å². The van der Waals surface area contributed by atoms with Crippen molar-refractivity contribution in [1.29, 1.82) is 5.26 Å². The van der Waals surface area contributed by atoms with E-state index >= 15 is 0 Å². The number of benzene rings is 1. The van der Waals surface area contributed by atoms with Gasteiger partial charge in [0, 0.05) is 10.0 Å². The topological polar surface area (TPSA) is 87.0 Å². The third-order valence-electron chi connectivity index (χ3n) is 4.65. The highest BCUT2D eigenvalue weighted by atomic mass is 79.9. The number of nitrogens with one attached hydrogen (secondary N) is 1. The van der Waals surface area contributed by atoms with Crippen LogP contribution in [-0.2, 0) is 31.1 Å². The van der Waals surface area contributed by atoms with Gasteiger partial charge in [0.2, 0.25) is 0 Å². The molecule has 1 aliphatic heterocycles. The molecule has 0 aliphatic carbocycles. The molecule has 5 nitrogen and oxygen atoms in total. The lowest BCUT2D eigenvalue weighted by Gasteiger charge is -2.44. The van der Waals surface area contributed by atoms with E-state index in [1.807, 2.05) is 0 Å². The lowest BCUT2D eigenvalue weighted by Crippen LogP contribution is -2.60. The monoisotopic (exact) mass is 468 g/mol. The summed E-state index contributed by atoms with van der Waals surface area (Å²) in [5, 5.41) is 9.16. The van der Waals surface area contributed by atoms with Crippen molar-refractivity contribution in [3.63, 3.8) is 0 Å². The maximum atomic E-state index is 14.8. The largest absolute Gasteiger partial charge is 0.249 e. The Labute approximate surface area is 162 Å². The number of halogens is 3. The number of hydrogen-bond acceptors (Lipinski definition) is 4. The lowest BCUT2D eigenvalue weighted by molar-refractivity contribution is 0.292. The van der Waals surface area contributed by atoms with Gasteiger partial charge >= 0.3 is 0 Å². The molecule has 0 amide bonds. The summed E-state index contributed by atoms with van der Waals surface area (Å²) < 4.78 is 67.2. The van der Waals surface area contributed by atoms with Crippen molar-refractivity contribution in [1.82, 2.24) is 4.72 Å². The number of alkyl halides is 1. The van der Waals surface area contributed by atoms with E-state index in [4.69, 9.17) is 5.26 Å². The standard InChI is InChI=1S/C16H19BrF2N2O3S2/c1-14(2,8-20)26(23,24)9-16(7-18)13-11(19)6-5-10(17)12(13)15(3,4)25(22)21-16/h5-6,21H,7,9H2,1-4H3. The van der Waals surface area contributed by atoms with E-state index in [0.29, 0.717) is 4.47 Å². The maximum Gasteiger partial charge on any atom is 0.171 e. The van der Waals surface area contributed by atoms with E-state index in [9.17, 15) is 21.4 Å². The number of rotatable bonds is 4. The molecule has 0 fully saturated rings. The second-order valence-electron chi connectivity index (χ2n) is 7.26. The molecule has 2 rings (SSSR count). The van der Waals surface area contributed by atoms with Crippen LogP contribution in [0.4, 0.5) is 8.78 Å². The summed E-state index contributed by atoms with van der Waals surface area (Å²) in [5.74, 6) is -1.71. The molecule has 1 aliphatic rings. The Hall–Kier alpha value is -0.890. The van der Waals surface area contributed by atoms with Gasteiger partial charge in [0.15, 0.2) is 14.6 Å². The molecule has 144 valence electrons. The smallest absolute Gasteiger partial charge is 0.171 e. The van der Waals surface area contributed by atoms with Crippen LogP contribution in [0.3, 0.4) is 0 Å². The van der Waals surface area contributed by atoms with E-state index in [1.165, 1.54) is 19.9 Å². The van der Waals surface area contributed by atoms with Gasteiger partial charge < -0.3 is 0 Å². The van der Waals surface area contributed by atoms with Crippen molar-refractivity contribution in [3.05, 3.63) is 33.5 Å². The molecule has 1 aromatic carbocycles. The van der Waals surface area contributed by atoms with E-state index < -0.39 is 54.1 Å². The molecule has 1 N–H and O–H groups in total. The fourth-order valence-corrected chi connectivity index (χ4v) is 6.59. The zero-order valence-electron chi connectivity index (χ0n) is 14.7. The predicted octanol–water partition coefficient (Wildman–Crippen LogP) is 2.97. The molecule has 1 aromatic rings. The summed E-state index contributed by atoms with van der Waals surface area (Å²) >= 11 is 3.28. The van der Waals surface area contributed by atoms with Gasteiger partial charge in [-0.3, -0.25) is 0 Å². The number of sulfone groups is 1. The van der Waals surface area contributed by atoms with Crippen LogP contribution in [0.5, 0.6) is 0 Å². The third-order valence-corrected chi connectivity index (χ3v) is 9.53. The zero-order valence-corrected chi connectivity index (χ0v) is 17.9. The molecule has 1 heterocycles. The Balaban J connectivity index is 2.82. The molecular weight excluding hydrogens is 450 g/mol. The minimum atomic E-state index is -4.19. The van der Waals surface area contributed by atoms with Crippen molar-refractivity contribution in [2.45, 2.75) is 42.7 Å². The van der Waals surface area contributed by atoms with Crippen LogP contribution >= 0.6 is 15.9 Å². The van der Waals surface area contributed by atoms with Gasteiger partial charge in [-0.2, -0.15) is 5.26 Å². The Kier molecular flexibility index (Phi) is 5.45. The molecule has 10 heteroatoms. The maximum absolute atomic E-state index is 14.8. The van der Waals surface area contributed by atoms with Crippen LogP contribution in [0.15, 0.2) is 16.6 Å². The third kappa shape index (κ3) is 3.13. The normalized spacial score (nSPS) is 25.4. The number of hydrogen-bond donors (Lipinski definition) is 1. The first-order valence-electron chi connectivity index (χ1n) is 7.64.